The first-order valence-electron chi connectivity index (χ1n) is 7.96. The van der Waals surface area contributed by atoms with Gasteiger partial charge in [-0.1, -0.05) is 48.5 Å². The van der Waals surface area contributed by atoms with Crippen molar-refractivity contribution in [3.63, 3.8) is 0 Å². The van der Waals surface area contributed by atoms with E-state index in [4.69, 9.17) is 4.74 Å². The van der Waals surface area contributed by atoms with Crippen LogP contribution in [0.5, 0.6) is 5.75 Å². The first-order chi connectivity index (χ1) is 12.2. The van der Waals surface area contributed by atoms with Crippen LogP contribution in [0.4, 0.5) is 0 Å². The van der Waals surface area contributed by atoms with Crippen molar-refractivity contribution >= 4 is 17.7 Å². The van der Waals surface area contributed by atoms with Gasteiger partial charge in [-0.2, -0.15) is 5.26 Å². The molecule has 0 aromatic heterocycles. The number of hydrogen-bond acceptors (Lipinski definition) is 4. The molecule has 2 aromatic carbocycles. The Morgan fingerprint density at radius 1 is 1.20 bits per heavy atom. The number of ether oxygens (including phenoxy) is 1. The van der Waals surface area contributed by atoms with Gasteiger partial charge in [0.1, 0.15) is 5.75 Å². The second-order valence-electron chi connectivity index (χ2n) is 5.68. The van der Waals surface area contributed by atoms with Gasteiger partial charge >= 0.3 is 0 Å². The second-order valence-corrected chi connectivity index (χ2v) is 6.66. The molecular formula is C20H18N2O2S. The fraction of sp³-hybridized carbons (Fsp3) is 0.200. The number of methoxy groups -OCH3 is 1. The van der Waals surface area contributed by atoms with E-state index in [9.17, 15) is 10.1 Å². The van der Waals surface area contributed by atoms with Crippen LogP contribution in [0.15, 0.2) is 65.2 Å². The first-order valence-corrected chi connectivity index (χ1v) is 8.95. The molecule has 0 saturated heterocycles. The van der Waals surface area contributed by atoms with E-state index in [1.165, 1.54) is 11.8 Å². The van der Waals surface area contributed by atoms with Gasteiger partial charge in [0.15, 0.2) is 0 Å². The molecule has 1 N–H and O–H groups in total. The molecule has 2 aromatic rings. The first kappa shape index (κ1) is 17.1. The highest BCUT2D eigenvalue weighted by molar-refractivity contribution is 8.02. The summed E-state index contributed by atoms with van der Waals surface area (Å²) in [5.41, 5.74) is 2.60. The molecule has 1 amide bonds. The lowest BCUT2D eigenvalue weighted by Crippen LogP contribution is -2.31. The van der Waals surface area contributed by atoms with E-state index >= 15 is 0 Å². The molecule has 1 aliphatic heterocycles. The number of nitriles is 1. The lowest BCUT2D eigenvalue weighted by Gasteiger charge is -2.26. The Bertz CT molecular complexity index is 840. The van der Waals surface area contributed by atoms with Crippen LogP contribution in [0.1, 0.15) is 23.5 Å². The Morgan fingerprint density at radius 3 is 2.64 bits per heavy atom. The maximum atomic E-state index is 12.2. The molecule has 0 fully saturated rings. The summed E-state index contributed by atoms with van der Waals surface area (Å²) in [6.45, 7) is 0. The summed E-state index contributed by atoms with van der Waals surface area (Å²) in [6, 6.07) is 19.8. The number of nitrogens with zero attached hydrogens (tertiary/aromatic N) is 1. The normalized spacial score (nSPS) is 17.0. The monoisotopic (exact) mass is 350 g/mol. The van der Waals surface area contributed by atoms with Crippen LogP contribution in [-0.4, -0.2) is 13.0 Å². The highest BCUT2D eigenvalue weighted by Crippen LogP contribution is 2.40. The maximum Gasteiger partial charge on any atom is 0.225 e. The van der Waals surface area contributed by atoms with Crippen molar-refractivity contribution in [2.24, 2.45) is 0 Å². The number of para-hydroxylation sites is 1. The van der Waals surface area contributed by atoms with Gasteiger partial charge in [0.2, 0.25) is 5.91 Å². The molecule has 5 heteroatoms. The fourth-order valence-corrected chi connectivity index (χ4v) is 3.92. The van der Waals surface area contributed by atoms with E-state index in [2.05, 4.69) is 11.4 Å². The average Bonchev–Trinajstić information content (AvgIpc) is 2.66. The van der Waals surface area contributed by atoms with E-state index in [0.29, 0.717) is 22.1 Å². The van der Waals surface area contributed by atoms with Crippen molar-refractivity contribution < 1.29 is 9.53 Å². The zero-order valence-electron chi connectivity index (χ0n) is 13.9. The minimum absolute atomic E-state index is 0.0783. The number of nitrogens with one attached hydrogen (secondary N) is 1. The number of amides is 1. The molecule has 0 aliphatic carbocycles. The number of thioether (sulfide) groups is 1. The van der Waals surface area contributed by atoms with Crippen LogP contribution in [0.25, 0.3) is 0 Å². The van der Waals surface area contributed by atoms with E-state index < -0.39 is 0 Å². The van der Waals surface area contributed by atoms with Gasteiger partial charge in [0, 0.05) is 23.7 Å². The number of benzene rings is 2. The summed E-state index contributed by atoms with van der Waals surface area (Å²) in [7, 11) is 1.60. The molecule has 0 radical (unpaired) electrons. The number of rotatable bonds is 5. The summed E-state index contributed by atoms with van der Waals surface area (Å²) >= 11 is 1.48. The van der Waals surface area contributed by atoms with Crippen LogP contribution in [0, 0.1) is 11.3 Å². The lowest BCUT2D eigenvalue weighted by atomic mass is 9.86. The lowest BCUT2D eigenvalue weighted by molar-refractivity contribution is -0.120. The summed E-state index contributed by atoms with van der Waals surface area (Å²) in [4.78, 5) is 12.2. The molecule has 1 aliphatic rings. The fourth-order valence-electron chi connectivity index (χ4n) is 2.88. The third-order valence-electron chi connectivity index (χ3n) is 4.10. The minimum Gasteiger partial charge on any atom is -0.496 e. The van der Waals surface area contributed by atoms with Crippen molar-refractivity contribution in [3.05, 3.63) is 76.3 Å². The molecule has 1 heterocycles. The predicted molar refractivity (Wildman–Crippen MR) is 98.9 cm³/mol. The number of allylic oxidation sites excluding steroid dienone is 1. The van der Waals surface area contributed by atoms with Gasteiger partial charge in [-0.05, 0) is 11.6 Å². The third-order valence-corrected chi connectivity index (χ3v) is 5.18. The molecule has 0 bridgehead atoms. The Balaban J connectivity index is 1.93. The number of hydrogen-bond donors (Lipinski definition) is 1. The Labute approximate surface area is 151 Å². The van der Waals surface area contributed by atoms with E-state index in [0.717, 1.165) is 11.1 Å². The van der Waals surface area contributed by atoms with Crippen molar-refractivity contribution in [1.29, 1.82) is 5.26 Å². The SMILES string of the molecule is COc1ccccc1[C@@H]1CC(=O)NC(SCc2ccccc2)=C1C#N. The van der Waals surface area contributed by atoms with Crippen molar-refractivity contribution in [2.75, 3.05) is 7.11 Å². The highest BCUT2D eigenvalue weighted by atomic mass is 32.2. The molecule has 1 atom stereocenters. The molecule has 4 nitrogen and oxygen atoms in total. The van der Waals surface area contributed by atoms with Crippen LogP contribution in [0.2, 0.25) is 0 Å². The maximum absolute atomic E-state index is 12.2. The zero-order valence-corrected chi connectivity index (χ0v) is 14.7. The van der Waals surface area contributed by atoms with Crippen molar-refractivity contribution in [1.82, 2.24) is 5.32 Å². The van der Waals surface area contributed by atoms with Crippen LogP contribution >= 0.6 is 11.8 Å². The van der Waals surface area contributed by atoms with Gasteiger partial charge in [0.05, 0.1) is 23.8 Å². The molecular weight excluding hydrogens is 332 g/mol. The standard InChI is InChI=1S/C20H18N2O2S/c1-24-18-10-6-5-9-15(18)16-11-19(23)22-20(17(16)12-21)25-13-14-7-3-2-4-8-14/h2-10,16H,11,13H2,1H3,(H,22,23)/t16-/m0/s1. The predicted octanol–water partition coefficient (Wildman–Crippen LogP) is 3.97. The van der Waals surface area contributed by atoms with E-state index in [1.54, 1.807) is 7.11 Å². The van der Waals surface area contributed by atoms with Crippen LogP contribution < -0.4 is 10.1 Å². The Hall–Kier alpha value is -2.71. The van der Waals surface area contributed by atoms with E-state index in [-0.39, 0.29) is 18.2 Å². The largest absolute Gasteiger partial charge is 0.496 e. The topological polar surface area (TPSA) is 62.1 Å². The quantitative estimate of drug-likeness (QED) is 0.886. The average molecular weight is 350 g/mol. The van der Waals surface area contributed by atoms with Crippen molar-refractivity contribution in [2.45, 2.75) is 18.1 Å². The smallest absolute Gasteiger partial charge is 0.225 e. The molecule has 3 rings (SSSR count). The summed E-state index contributed by atoms with van der Waals surface area (Å²) in [5.74, 6) is 1.03. The minimum atomic E-state index is -0.284. The molecule has 126 valence electrons. The zero-order chi connectivity index (χ0) is 17.6. The van der Waals surface area contributed by atoms with Crippen LogP contribution in [-0.2, 0) is 10.5 Å². The van der Waals surface area contributed by atoms with Gasteiger partial charge in [-0.25, -0.2) is 0 Å². The Morgan fingerprint density at radius 2 is 1.92 bits per heavy atom. The summed E-state index contributed by atoms with van der Waals surface area (Å²) in [5, 5.41) is 13.2. The number of carbonyl (C=O) groups excluding carboxylic acids is 1. The molecule has 25 heavy (non-hydrogen) atoms. The third kappa shape index (κ3) is 3.86. The molecule has 0 spiro atoms. The number of carbonyl (C=O) groups is 1. The van der Waals surface area contributed by atoms with E-state index in [1.807, 2.05) is 54.6 Å². The van der Waals surface area contributed by atoms with Gasteiger partial charge in [-0.15, -0.1) is 11.8 Å². The summed E-state index contributed by atoms with van der Waals surface area (Å²) < 4.78 is 5.42. The molecule has 0 saturated carbocycles. The van der Waals surface area contributed by atoms with Gasteiger partial charge < -0.3 is 10.1 Å². The van der Waals surface area contributed by atoms with Gasteiger partial charge in [-0.3, -0.25) is 4.79 Å². The van der Waals surface area contributed by atoms with Crippen LogP contribution in [0.3, 0.4) is 0 Å². The summed E-state index contributed by atoms with van der Waals surface area (Å²) in [6.07, 6.45) is 0.249. The van der Waals surface area contributed by atoms with Gasteiger partial charge in [0.25, 0.3) is 0 Å². The highest BCUT2D eigenvalue weighted by Gasteiger charge is 2.31. The Kier molecular flexibility index (Phi) is 5.42. The molecule has 0 unspecified atom stereocenters. The van der Waals surface area contributed by atoms with Crippen molar-refractivity contribution in [3.8, 4) is 11.8 Å². The second kappa shape index (κ2) is 7.91.